The Bertz CT molecular complexity index is 136. The highest BCUT2D eigenvalue weighted by Gasteiger charge is 2.03. The van der Waals surface area contributed by atoms with Gasteiger partial charge in [-0.05, 0) is 25.5 Å². The van der Waals surface area contributed by atoms with E-state index in [1.54, 1.807) is 0 Å². The fourth-order valence-electron chi connectivity index (χ4n) is 1.27. The minimum Gasteiger partial charge on any atom is -0.300 e. The first-order valence-electron chi connectivity index (χ1n) is 4.37. The van der Waals surface area contributed by atoms with Crippen molar-refractivity contribution in [3.05, 3.63) is 11.6 Å². The molecule has 64 valence electrons. The van der Waals surface area contributed by atoms with Gasteiger partial charge in [-0.15, -0.1) is 0 Å². The summed E-state index contributed by atoms with van der Waals surface area (Å²) >= 11 is 0. The minimum atomic E-state index is 0.581. The SMILES string of the molecule is C=NC[C@@H](C)/C(=C/CC)CC. The molecule has 0 spiro atoms. The van der Waals surface area contributed by atoms with Crippen LogP contribution in [0, 0.1) is 5.92 Å². The smallest absolute Gasteiger partial charge is 0.0444 e. The van der Waals surface area contributed by atoms with Crippen molar-refractivity contribution in [2.24, 2.45) is 10.9 Å². The third kappa shape index (κ3) is 3.97. The van der Waals surface area contributed by atoms with Crippen LogP contribution in [-0.4, -0.2) is 13.3 Å². The average molecular weight is 153 g/mol. The van der Waals surface area contributed by atoms with E-state index in [1.165, 1.54) is 5.57 Å². The molecule has 11 heavy (non-hydrogen) atoms. The first-order valence-corrected chi connectivity index (χ1v) is 4.37. The molecule has 0 saturated heterocycles. The zero-order chi connectivity index (χ0) is 8.69. The molecule has 0 amide bonds. The Hall–Kier alpha value is -0.590. The summed E-state index contributed by atoms with van der Waals surface area (Å²) in [4.78, 5) is 3.90. The first kappa shape index (κ1) is 10.4. The minimum absolute atomic E-state index is 0.581. The topological polar surface area (TPSA) is 12.4 Å². The lowest BCUT2D eigenvalue weighted by atomic mass is 9.98. The summed E-state index contributed by atoms with van der Waals surface area (Å²) in [5.41, 5.74) is 1.51. The van der Waals surface area contributed by atoms with E-state index in [9.17, 15) is 0 Å². The first-order chi connectivity index (χ1) is 5.26. The molecule has 0 aliphatic rings. The Morgan fingerprint density at radius 3 is 2.55 bits per heavy atom. The molecular weight excluding hydrogens is 134 g/mol. The predicted octanol–water partition coefficient (Wildman–Crippen LogP) is 3.07. The molecule has 1 nitrogen and oxygen atoms in total. The van der Waals surface area contributed by atoms with E-state index < -0.39 is 0 Å². The van der Waals surface area contributed by atoms with Crippen molar-refractivity contribution in [2.45, 2.75) is 33.6 Å². The van der Waals surface area contributed by atoms with E-state index in [-0.39, 0.29) is 0 Å². The van der Waals surface area contributed by atoms with Crippen molar-refractivity contribution in [1.82, 2.24) is 0 Å². The van der Waals surface area contributed by atoms with Gasteiger partial charge in [-0.3, -0.25) is 0 Å². The van der Waals surface area contributed by atoms with Crippen molar-refractivity contribution in [1.29, 1.82) is 0 Å². The van der Waals surface area contributed by atoms with Gasteiger partial charge in [0.2, 0.25) is 0 Å². The molecule has 0 N–H and O–H groups in total. The normalized spacial score (nSPS) is 14.6. The number of allylic oxidation sites excluding steroid dienone is 1. The summed E-state index contributed by atoms with van der Waals surface area (Å²) in [5, 5.41) is 0. The van der Waals surface area contributed by atoms with Gasteiger partial charge in [-0.25, -0.2) is 0 Å². The lowest BCUT2D eigenvalue weighted by molar-refractivity contribution is 0.667. The highest BCUT2D eigenvalue weighted by Crippen LogP contribution is 2.14. The molecular formula is C10H19N. The lowest BCUT2D eigenvalue weighted by Gasteiger charge is -2.11. The van der Waals surface area contributed by atoms with Gasteiger partial charge in [0, 0.05) is 6.54 Å². The average Bonchev–Trinajstić information content (AvgIpc) is 2.00. The van der Waals surface area contributed by atoms with E-state index >= 15 is 0 Å². The van der Waals surface area contributed by atoms with Crippen LogP contribution in [0.5, 0.6) is 0 Å². The monoisotopic (exact) mass is 153 g/mol. The standard InChI is InChI=1S/C10H19N/c1-5-7-10(6-2)9(3)8-11-4/h7,9H,4-6,8H2,1-3H3/b10-7+/t9-/m1/s1. The Kier molecular flexibility index (Phi) is 5.81. The van der Waals surface area contributed by atoms with Gasteiger partial charge >= 0.3 is 0 Å². The maximum absolute atomic E-state index is 3.90. The van der Waals surface area contributed by atoms with Crippen LogP contribution in [0.1, 0.15) is 33.6 Å². The van der Waals surface area contributed by atoms with Crippen molar-refractivity contribution in [2.75, 3.05) is 6.54 Å². The van der Waals surface area contributed by atoms with Crippen LogP contribution in [-0.2, 0) is 0 Å². The molecule has 0 heterocycles. The van der Waals surface area contributed by atoms with Crippen LogP contribution in [0.3, 0.4) is 0 Å². The van der Waals surface area contributed by atoms with Gasteiger partial charge < -0.3 is 4.99 Å². The van der Waals surface area contributed by atoms with Crippen LogP contribution >= 0.6 is 0 Å². The number of rotatable bonds is 5. The summed E-state index contributed by atoms with van der Waals surface area (Å²) < 4.78 is 0. The molecule has 0 aliphatic heterocycles. The second kappa shape index (κ2) is 6.14. The van der Waals surface area contributed by atoms with E-state index in [4.69, 9.17) is 0 Å². The summed E-state index contributed by atoms with van der Waals surface area (Å²) in [6, 6.07) is 0. The molecule has 0 radical (unpaired) electrons. The van der Waals surface area contributed by atoms with Crippen molar-refractivity contribution < 1.29 is 0 Å². The highest BCUT2D eigenvalue weighted by molar-refractivity contribution is 5.23. The van der Waals surface area contributed by atoms with Crippen LogP contribution in [0.25, 0.3) is 0 Å². The molecule has 0 bridgehead atoms. The molecule has 1 atom stereocenters. The van der Waals surface area contributed by atoms with E-state index in [2.05, 4.69) is 38.6 Å². The molecule has 0 aromatic carbocycles. The fraction of sp³-hybridized carbons (Fsp3) is 0.700. The number of hydrogen-bond donors (Lipinski definition) is 0. The maximum Gasteiger partial charge on any atom is 0.0444 e. The molecule has 1 heteroatoms. The molecule has 0 aliphatic carbocycles. The quantitative estimate of drug-likeness (QED) is 0.425. The van der Waals surface area contributed by atoms with Crippen LogP contribution < -0.4 is 0 Å². The van der Waals surface area contributed by atoms with Crippen molar-refractivity contribution in [3.8, 4) is 0 Å². The Labute approximate surface area is 70.2 Å². The number of hydrogen-bond acceptors (Lipinski definition) is 1. The maximum atomic E-state index is 3.90. The highest BCUT2D eigenvalue weighted by atomic mass is 14.7. The van der Waals surface area contributed by atoms with Gasteiger partial charge in [0.15, 0.2) is 0 Å². The Morgan fingerprint density at radius 2 is 2.18 bits per heavy atom. The zero-order valence-electron chi connectivity index (χ0n) is 7.93. The van der Waals surface area contributed by atoms with Crippen molar-refractivity contribution in [3.63, 3.8) is 0 Å². The van der Waals surface area contributed by atoms with Gasteiger partial charge in [0.1, 0.15) is 0 Å². The van der Waals surface area contributed by atoms with E-state index in [1.807, 2.05) is 0 Å². The molecule has 0 aromatic heterocycles. The van der Waals surface area contributed by atoms with E-state index in [0.29, 0.717) is 5.92 Å². The van der Waals surface area contributed by atoms with Gasteiger partial charge in [-0.2, -0.15) is 0 Å². The largest absolute Gasteiger partial charge is 0.300 e. The summed E-state index contributed by atoms with van der Waals surface area (Å²) in [5.74, 6) is 0.581. The van der Waals surface area contributed by atoms with Crippen LogP contribution in [0.15, 0.2) is 16.6 Å². The number of nitrogens with zero attached hydrogens (tertiary/aromatic N) is 1. The van der Waals surface area contributed by atoms with Crippen LogP contribution in [0.4, 0.5) is 0 Å². The van der Waals surface area contributed by atoms with Crippen LogP contribution in [0.2, 0.25) is 0 Å². The molecule has 0 saturated carbocycles. The van der Waals surface area contributed by atoms with Gasteiger partial charge in [0.05, 0.1) is 0 Å². The summed E-state index contributed by atoms with van der Waals surface area (Å²) in [6.45, 7) is 10.9. The fourth-order valence-corrected chi connectivity index (χ4v) is 1.27. The molecule has 0 unspecified atom stereocenters. The Morgan fingerprint density at radius 1 is 1.55 bits per heavy atom. The zero-order valence-corrected chi connectivity index (χ0v) is 7.93. The molecule has 0 rings (SSSR count). The second-order valence-corrected chi connectivity index (χ2v) is 2.85. The Balaban J connectivity index is 4.01. The predicted molar refractivity (Wildman–Crippen MR) is 52.2 cm³/mol. The second-order valence-electron chi connectivity index (χ2n) is 2.85. The number of aliphatic imine (C=N–C) groups is 1. The lowest BCUT2D eigenvalue weighted by Crippen LogP contribution is -2.02. The molecule has 0 aromatic rings. The van der Waals surface area contributed by atoms with Gasteiger partial charge in [0.25, 0.3) is 0 Å². The van der Waals surface area contributed by atoms with Crippen molar-refractivity contribution >= 4 is 6.72 Å². The van der Waals surface area contributed by atoms with Gasteiger partial charge in [-0.1, -0.05) is 32.4 Å². The summed E-state index contributed by atoms with van der Waals surface area (Å²) in [7, 11) is 0. The van der Waals surface area contributed by atoms with E-state index in [0.717, 1.165) is 19.4 Å². The third-order valence-electron chi connectivity index (χ3n) is 1.91. The molecule has 0 fully saturated rings. The third-order valence-corrected chi connectivity index (χ3v) is 1.91. The summed E-state index contributed by atoms with van der Waals surface area (Å²) in [6.07, 6.45) is 4.57.